The number of hydrogen-bond acceptors (Lipinski definition) is 6. The maximum absolute atomic E-state index is 11.3. The molecule has 0 unspecified atom stereocenters. The summed E-state index contributed by atoms with van der Waals surface area (Å²) >= 11 is 0. The fraction of sp³-hybridized carbons (Fsp3) is 0.889. The third kappa shape index (κ3) is 4.32. The van der Waals surface area contributed by atoms with Gasteiger partial charge in [-0.05, 0) is 18.1 Å². The van der Waals surface area contributed by atoms with Crippen LogP contribution in [0.25, 0.3) is 0 Å². The van der Waals surface area contributed by atoms with Crippen molar-refractivity contribution >= 4 is 20.6 Å². The van der Waals surface area contributed by atoms with Crippen LogP contribution in [0, 0.1) is 11.8 Å². The molecule has 0 aromatic rings. The number of carbonyl (C=O) groups is 2. The van der Waals surface area contributed by atoms with E-state index in [9.17, 15) is 9.59 Å². The highest BCUT2D eigenvalue weighted by Gasteiger charge is 2.59. The van der Waals surface area contributed by atoms with Crippen LogP contribution in [0.1, 0.15) is 40.5 Å². The van der Waals surface area contributed by atoms with Gasteiger partial charge in [-0.15, -0.1) is 0 Å². The van der Waals surface area contributed by atoms with Gasteiger partial charge >= 0.3 is 5.97 Å². The van der Waals surface area contributed by atoms with Crippen molar-refractivity contribution in [2.75, 3.05) is 19.8 Å². The lowest BCUT2D eigenvalue weighted by Gasteiger charge is -2.40. The largest absolute Gasteiger partial charge is 0.465 e. The molecular weight excluding hydrogens is 340 g/mol. The molecule has 2 fully saturated rings. The van der Waals surface area contributed by atoms with Crippen LogP contribution in [0.2, 0.25) is 18.1 Å². The van der Waals surface area contributed by atoms with Gasteiger partial charge in [-0.2, -0.15) is 0 Å². The lowest BCUT2D eigenvalue weighted by Crippen LogP contribution is -2.45. The molecule has 6 nitrogen and oxygen atoms in total. The van der Waals surface area contributed by atoms with Crippen LogP contribution in [0.3, 0.4) is 0 Å². The highest BCUT2D eigenvalue weighted by atomic mass is 28.4. The zero-order chi connectivity index (χ0) is 18.9. The van der Waals surface area contributed by atoms with Crippen LogP contribution in [0.15, 0.2) is 0 Å². The third-order valence-electron chi connectivity index (χ3n) is 5.91. The van der Waals surface area contributed by atoms with Crippen molar-refractivity contribution in [1.29, 1.82) is 0 Å². The van der Waals surface area contributed by atoms with Gasteiger partial charge in [0.1, 0.15) is 6.29 Å². The first-order chi connectivity index (χ1) is 11.5. The Bertz CT molecular complexity index is 492. The Morgan fingerprint density at radius 1 is 1.28 bits per heavy atom. The summed E-state index contributed by atoms with van der Waals surface area (Å²) in [5.74, 6) is -1.43. The van der Waals surface area contributed by atoms with Crippen molar-refractivity contribution in [2.24, 2.45) is 11.8 Å². The topological polar surface area (TPSA) is 71.1 Å². The lowest BCUT2D eigenvalue weighted by molar-refractivity contribution is -0.199. The quantitative estimate of drug-likeness (QED) is 0.406. The fourth-order valence-corrected chi connectivity index (χ4v) is 4.91. The molecule has 0 N–H and O–H groups in total. The van der Waals surface area contributed by atoms with E-state index >= 15 is 0 Å². The molecule has 1 aliphatic carbocycles. The summed E-state index contributed by atoms with van der Waals surface area (Å²) < 4.78 is 23.8. The molecule has 0 amide bonds. The molecule has 1 spiro atoms. The summed E-state index contributed by atoms with van der Waals surface area (Å²) in [6, 6.07) is 0. The van der Waals surface area contributed by atoms with Gasteiger partial charge < -0.3 is 23.4 Å². The molecule has 25 heavy (non-hydrogen) atoms. The van der Waals surface area contributed by atoms with E-state index in [0.29, 0.717) is 26.1 Å². The Balaban J connectivity index is 2.27. The van der Waals surface area contributed by atoms with Crippen LogP contribution in [0.4, 0.5) is 0 Å². The molecular formula is C18H32O6Si. The predicted molar refractivity (Wildman–Crippen MR) is 95.6 cm³/mol. The number of carbonyl (C=O) groups excluding carboxylic acids is 2. The van der Waals surface area contributed by atoms with Gasteiger partial charge in [0, 0.05) is 25.7 Å². The number of hydrogen-bond donors (Lipinski definition) is 0. The minimum Gasteiger partial charge on any atom is -0.465 e. The second-order valence-electron chi connectivity index (χ2n) is 8.60. The van der Waals surface area contributed by atoms with E-state index in [-0.39, 0.29) is 35.6 Å². The average Bonchev–Trinajstić information content (AvgIpc) is 3.03. The fourth-order valence-electron chi connectivity index (χ4n) is 3.54. The first kappa shape index (κ1) is 20.5. The van der Waals surface area contributed by atoms with Crippen molar-refractivity contribution in [2.45, 2.75) is 70.6 Å². The summed E-state index contributed by atoms with van der Waals surface area (Å²) in [5, 5.41) is 0.0667. The summed E-state index contributed by atoms with van der Waals surface area (Å²) in [6.07, 6.45) is 1.70. The van der Waals surface area contributed by atoms with Crippen LogP contribution in [-0.2, 0) is 28.2 Å². The van der Waals surface area contributed by atoms with E-state index < -0.39 is 14.1 Å². The van der Waals surface area contributed by atoms with E-state index in [1.165, 1.54) is 6.92 Å². The predicted octanol–water partition coefficient (Wildman–Crippen LogP) is 2.91. The molecule has 7 heteroatoms. The minimum atomic E-state index is -2.02. The molecule has 1 aliphatic heterocycles. The molecule has 2 rings (SSSR count). The van der Waals surface area contributed by atoms with Gasteiger partial charge in [0.15, 0.2) is 14.1 Å². The van der Waals surface area contributed by atoms with Crippen molar-refractivity contribution in [1.82, 2.24) is 0 Å². The molecule has 0 bridgehead atoms. The molecule has 144 valence electrons. The number of esters is 1. The normalized spacial score (nSPS) is 29.1. The van der Waals surface area contributed by atoms with Crippen LogP contribution in [0.5, 0.6) is 0 Å². The number of rotatable bonds is 6. The van der Waals surface area contributed by atoms with Gasteiger partial charge in [-0.3, -0.25) is 4.79 Å². The SMILES string of the molecule is CC(=O)OC[C@@H]1[C@@H](CC=O)[C@@H](O[Si](C)(C)C(C)(C)C)CC12OCCO2. The Kier molecular flexibility index (Phi) is 6.13. The Morgan fingerprint density at radius 2 is 1.88 bits per heavy atom. The Hall–Kier alpha value is -0.763. The van der Waals surface area contributed by atoms with Crippen LogP contribution < -0.4 is 0 Å². The first-order valence-electron chi connectivity index (χ1n) is 9.05. The molecule has 0 aromatic carbocycles. The zero-order valence-electron chi connectivity index (χ0n) is 16.3. The Labute approximate surface area is 151 Å². The van der Waals surface area contributed by atoms with Crippen molar-refractivity contribution in [3.8, 4) is 0 Å². The lowest BCUT2D eigenvalue weighted by atomic mass is 9.90. The molecule has 1 saturated carbocycles. The minimum absolute atomic E-state index is 0.0667. The van der Waals surface area contributed by atoms with Crippen LogP contribution in [-0.4, -0.2) is 52.3 Å². The van der Waals surface area contributed by atoms with E-state index in [0.717, 1.165) is 6.29 Å². The van der Waals surface area contributed by atoms with Gasteiger partial charge in [0.2, 0.25) is 0 Å². The van der Waals surface area contributed by atoms with Gasteiger partial charge in [0.05, 0.1) is 31.8 Å². The summed E-state index contributed by atoms with van der Waals surface area (Å²) in [7, 11) is -2.02. The van der Waals surface area contributed by atoms with Gasteiger partial charge in [-0.1, -0.05) is 20.8 Å². The molecule has 1 saturated heterocycles. The summed E-state index contributed by atoms with van der Waals surface area (Å²) in [6.45, 7) is 13.6. The molecule has 0 radical (unpaired) electrons. The van der Waals surface area contributed by atoms with E-state index in [2.05, 4.69) is 33.9 Å². The number of aldehydes is 1. The van der Waals surface area contributed by atoms with E-state index in [1.807, 2.05) is 0 Å². The van der Waals surface area contributed by atoms with Crippen molar-refractivity contribution < 1.29 is 28.2 Å². The second kappa shape index (κ2) is 7.46. The molecule has 0 aromatic heterocycles. The van der Waals surface area contributed by atoms with Crippen LogP contribution >= 0.6 is 0 Å². The monoisotopic (exact) mass is 372 g/mol. The van der Waals surface area contributed by atoms with Gasteiger partial charge in [-0.25, -0.2) is 0 Å². The van der Waals surface area contributed by atoms with Crippen molar-refractivity contribution in [3.05, 3.63) is 0 Å². The average molecular weight is 373 g/mol. The standard InChI is InChI=1S/C18H32O6Si/c1-13(20)21-12-15-14(7-8-19)16(11-18(15)22-9-10-23-18)24-25(5,6)17(2,3)4/h8,14-16H,7,9-12H2,1-6H3/t14-,15-,16+/m1/s1. The molecule has 1 heterocycles. The Morgan fingerprint density at radius 3 is 2.36 bits per heavy atom. The highest BCUT2D eigenvalue weighted by molar-refractivity contribution is 6.74. The third-order valence-corrected chi connectivity index (χ3v) is 10.4. The second-order valence-corrected chi connectivity index (χ2v) is 13.4. The van der Waals surface area contributed by atoms with E-state index in [1.54, 1.807) is 0 Å². The molecule has 3 atom stereocenters. The summed E-state index contributed by atoms with van der Waals surface area (Å²) in [5.41, 5.74) is 0. The smallest absolute Gasteiger partial charge is 0.302 e. The molecule has 2 aliphatic rings. The first-order valence-corrected chi connectivity index (χ1v) is 12.0. The maximum Gasteiger partial charge on any atom is 0.302 e. The van der Waals surface area contributed by atoms with E-state index in [4.69, 9.17) is 18.6 Å². The van der Waals surface area contributed by atoms with Crippen molar-refractivity contribution in [3.63, 3.8) is 0 Å². The maximum atomic E-state index is 11.3. The van der Waals surface area contributed by atoms with Gasteiger partial charge in [0.25, 0.3) is 0 Å². The zero-order valence-corrected chi connectivity index (χ0v) is 17.3. The number of ether oxygens (including phenoxy) is 3. The highest BCUT2D eigenvalue weighted by Crippen LogP contribution is 2.50. The summed E-state index contributed by atoms with van der Waals surface area (Å²) in [4.78, 5) is 22.6.